The van der Waals surface area contributed by atoms with E-state index in [0.29, 0.717) is 12.8 Å². The number of nitrogens with zero attached hydrogens (tertiary/aromatic N) is 1. The molecular weight excluding hydrogens is 578 g/mol. The summed E-state index contributed by atoms with van der Waals surface area (Å²) in [5.41, 5.74) is 3.91. The molecule has 12 heteroatoms. The van der Waals surface area contributed by atoms with Gasteiger partial charge in [0.15, 0.2) is 5.78 Å². The number of Topliss-reactive ketones (excluding diaryl/α,β-unsaturated/α-hetero) is 2. The standard InChI is InChI=1S/C33H51N5O7/c1-31(2,3)20(15-38-21(39)11-12-22(38)40)36-30(45)37-27(32(4,5)6)25(41)17-14-18-24(33(18,7)8)23(17)29(44)35-19(13-16-9-10-16)26(42)28(34)43/h16-20,23-24,27H,9-15H2,1-8H3,(H2,34,43)(H,35,44)(H2,36,37,45)/t17?,18-,19?,20+,23-,24-,27+/m0/s1. The third-order valence-electron chi connectivity index (χ3n) is 10.6. The van der Waals surface area contributed by atoms with Crippen LogP contribution in [0.2, 0.25) is 0 Å². The molecule has 4 rings (SSSR count). The average molecular weight is 630 g/mol. The van der Waals surface area contributed by atoms with Crippen molar-refractivity contribution in [2.75, 3.05) is 6.54 Å². The van der Waals surface area contributed by atoms with Gasteiger partial charge in [-0.15, -0.1) is 0 Å². The third kappa shape index (κ3) is 7.41. The monoisotopic (exact) mass is 629 g/mol. The van der Waals surface area contributed by atoms with Crippen LogP contribution in [0.5, 0.6) is 0 Å². The number of primary amides is 1. The summed E-state index contributed by atoms with van der Waals surface area (Å²) in [5, 5.41) is 8.56. The van der Waals surface area contributed by atoms with Gasteiger partial charge in [0.1, 0.15) is 0 Å². The van der Waals surface area contributed by atoms with Crippen LogP contribution in [0.4, 0.5) is 4.79 Å². The summed E-state index contributed by atoms with van der Waals surface area (Å²) in [6, 6.07) is -3.17. The lowest BCUT2D eigenvalue weighted by atomic mass is 9.74. The second-order valence-corrected chi connectivity index (χ2v) is 16.4. The normalized spacial score (nSPS) is 27.7. The molecule has 4 fully saturated rings. The van der Waals surface area contributed by atoms with Gasteiger partial charge in [0, 0.05) is 25.3 Å². The first kappa shape index (κ1) is 34.6. The van der Waals surface area contributed by atoms with Crippen molar-refractivity contribution in [3.8, 4) is 0 Å². The number of carbonyl (C=O) groups excluding carboxylic acids is 7. The number of nitrogens with one attached hydrogen (secondary N) is 3. The summed E-state index contributed by atoms with van der Waals surface area (Å²) in [7, 11) is 0. The largest absolute Gasteiger partial charge is 0.363 e. The van der Waals surface area contributed by atoms with Gasteiger partial charge in [0.25, 0.3) is 5.91 Å². The highest BCUT2D eigenvalue weighted by Gasteiger charge is 2.70. The van der Waals surface area contributed by atoms with Crippen LogP contribution in [-0.4, -0.2) is 70.8 Å². The van der Waals surface area contributed by atoms with Crippen molar-refractivity contribution in [1.82, 2.24) is 20.9 Å². The molecule has 1 saturated heterocycles. The molecule has 12 nitrogen and oxygen atoms in total. The van der Waals surface area contributed by atoms with Gasteiger partial charge in [-0.05, 0) is 46.8 Å². The maximum Gasteiger partial charge on any atom is 0.315 e. The zero-order valence-electron chi connectivity index (χ0n) is 28.0. The number of imide groups is 1. The van der Waals surface area contributed by atoms with Crippen molar-refractivity contribution >= 4 is 41.2 Å². The van der Waals surface area contributed by atoms with Crippen molar-refractivity contribution in [3.05, 3.63) is 0 Å². The van der Waals surface area contributed by atoms with Gasteiger partial charge in [-0.25, -0.2) is 4.79 Å². The minimum absolute atomic E-state index is 0.0259. The van der Waals surface area contributed by atoms with Crippen molar-refractivity contribution in [3.63, 3.8) is 0 Å². The van der Waals surface area contributed by atoms with Crippen LogP contribution in [0.15, 0.2) is 0 Å². The summed E-state index contributed by atoms with van der Waals surface area (Å²) in [6.07, 6.45) is 2.95. The molecule has 0 aromatic heterocycles. The van der Waals surface area contributed by atoms with Crippen LogP contribution in [0.1, 0.15) is 93.9 Å². The molecule has 250 valence electrons. The molecule has 4 aliphatic rings. The van der Waals surface area contributed by atoms with Gasteiger partial charge >= 0.3 is 6.03 Å². The number of likely N-dealkylation sites (tertiary alicyclic amines) is 1. The first-order chi connectivity index (χ1) is 20.6. The SMILES string of the molecule is CC(C)(C)[C@H](NC(=O)N[C@H](CN1C(=O)CCC1=O)C(C)(C)C)C(=O)C1C[C@H]2[C@@H]([C@H]1C(=O)NC(CC1CC1)C(=O)C(N)=O)C2(C)C. The van der Waals surface area contributed by atoms with E-state index < -0.39 is 64.4 Å². The van der Waals surface area contributed by atoms with Crippen molar-refractivity contribution in [1.29, 1.82) is 0 Å². The van der Waals surface area contributed by atoms with Crippen molar-refractivity contribution in [2.24, 2.45) is 51.6 Å². The second-order valence-electron chi connectivity index (χ2n) is 16.4. The van der Waals surface area contributed by atoms with E-state index in [9.17, 15) is 33.6 Å². The molecule has 2 unspecified atom stereocenters. The number of ketones is 2. The van der Waals surface area contributed by atoms with Crippen molar-refractivity contribution < 1.29 is 33.6 Å². The quantitative estimate of drug-likeness (QED) is 0.188. The van der Waals surface area contributed by atoms with E-state index in [4.69, 9.17) is 5.73 Å². The molecule has 5 N–H and O–H groups in total. The molecule has 7 atom stereocenters. The fourth-order valence-corrected chi connectivity index (χ4v) is 7.42. The number of rotatable bonds is 12. The number of carbonyl (C=O) groups is 7. The van der Waals surface area contributed by atoms with Gasteiger partial charge in [-0.3, -0.25) is 33.7 Å². The molecule has 0 spiro atoms. The fourth-order valence-electron chi connectivity index (χ4n) is 7.42. The predicted octanol–water partition coefficient (Wildman–Crippen LogP) is 2.08. The number of nitrogens with two attached hydrogens (primary N) is 1. The summed E-state index contributed by atoms with van der Waals surface area (Å²) >= 11 is 0. The van der Waals surface area contributed by atoms with Crippen LogP contribution >= 0.6 is 0 Å². The van der Waals surface area contributed by atoms with Crippen LogP contribution in [0, 0.1) is 45.8 Å². The zero-order valence-corrected chi connectivity index (χ0v) is 28.0. The van der Waals surface area contributed by atoms with E-state index in [0.717, 1.165) is 12.8 Å². The Kier molecular flexibility index (Phi) is 9.32. The number of amides is 6. The fraction of sp³-hybridized carbons (Fsp3) is 0.788. The molecule has 0 radical (unpaired) electrons. The molecule has 0 bridgehead atoms. The molecule has 3 saturated carbocycles. The average Bonchev–Trinajstić information content (AvgIpc) is 3.72. The molecule has 1 aliphatic heterocycles. The van der Waals surface area contributed by atoms with Crippen LogP contribution in [0.3, 0.4) is 0 Å². The molecule has 3 aliphatic carbocycles. The molecule has 6 amide bonds. The molecule has 0 aromatic rings. The van der Waals surface area contributed by atoms with E-state index in [1.54, 1.807) is 0 Å². The molecule has 45 heavy (non-hydrogen) atoms. The van der Waals surface area contributed by atoms with Crippen molar-refractivity contribution in [2.45, 2.75) is 112 Å². The summed E-state index contributed by atoms with van der Waals surface area (Å²) in [6.45, 7) is 15.3. The Morgan fingerprint density at radius 1 is 0.911 bits per heavy atom. The van der Waals surface area contributed by atoms with Gasteiger partial charge in [-0.1, -0.05) is 68.2 Å². The minimum Gasteiger partial charge on any atom is -0.363 e. The highest BCUT2D eigenvalue weighted by Crippen LogP contribution is 2.71. The highest BCUT2D eigenvalue weighted by atomic mass is 16.2. The number of urea groups is 1. The van der Waals surface area contributed by atoms with E-state index in [-0.39, 0.29) is 60.2 Å². The Hall–Kier alpha value is -3.31. The molecule has 0 aromatic carbocycles. The minimum atomic E-state index is -1.10. The van der Waals surface area contributed by atoms with Crippen LogP contribution in [0.25, 0.3) is 0 Å². The lowest BCUT2D eigenvalue weighted by molar-refractivity contribution is -0.141. The maximum atomic E-state index is 14.3. The number of hydrogen-bond donors (Lipinski definition) is 4. The Balaban J connectivity index is 1.52. The lowest BCUT2D eigenvalue weighted by Crippen LogP contribution is -2.59. The third-order valence-corrected chi connectivity index (χ3v) is 10.6. The smallest absolute Gasteiger partial charge is 0.315 e. The summed E-state index contributed by atoms with van der Waals surface area (Å²) in [5.74, 6) is -4.29. The van der Waals surface area contributed by atoms with Gasteiger partial charge < -0.3 is 21.7 Å². The predicted molar refractivity (Wildman–Crippen MR) is 165 cm³/mol. The first-order valence-electron chi connectivity index (χ1n) is 16.2. The van der Waals surface area contributed by atoms with E-state index in [1.807, 2.05) is 41.5 Å². The molecule has 1 heterocycles. The zero-order chi connectivity index (χ0) is 33.8. The Bertz CT molecular complexity index is 1260. The Morgan fingerprint density at radius 3 is 1.98 bits per heavy atom. The summed E-state index contributed by atoms with van der Waals surface area (Å²) in [4.78, 5) is 91.8. The topological polar surface area (TPSA) is 185 Å². The Morgan fingerprint density at radius 2 is 1.49 bits per heavy atom. The van der Waals surface area contributed by atoms with Crippen LogP contribution in [-0.2, 0) is 28.8 Å². The maximum absolute atomic E-state index is 14.3. The second kappa shape index (κ2) is 12.1. The first-order valence-corrected chi connectivity index (χ1v) is 16.2. The lowest BCUT2D eigenvalue weighted by Gasteiger charge is -2.37. The number of fused-ring (bicyclic) bond motifs is 1. The van der Waals surface area contributed by atoms with Gasteiger partial charge in [-0.2, -0.15) is 0 Å². The number of hydrogen-bond acceptors (Lipinski definition) is 7. The van der Waals surface area contributed by atoms with E-state index in [1.165, 1.54) is 4.90 Å². The summed E-state index contributed by atoms with van der Waals surface area (Å²) < 4.78 is 0. The Labute approximate surface area is 265 Å². The van der Waals surface area contributed by atoms with E-state index in [2.05, 4.69) is 29.8 Å². The highest BCUT2D eigenvalue weighted by molar-refractivity contribution is 6.37. The van der Waals surface area contributed by atoms with Crippen LogP contribution < -0.4 is 21.7 Å². The van der Waals surface area contributed by atoms with E-state index >= 15 is 0 Å². The molecular formula is C33H51N5O7. The van der Waals surface area contributed by atoms with Gasteiger partial charge in [0.2, 0.25) is 23.5 Å². The van der Waals surface area contributed by atoms with Gasteiger partial charge in [0.05, 0.1) is 24.0 Å².